The van der Waals surface area contributed by atoms with Gasteiger partial charge in [-0.2, -0.15) is 0 Å². The van der Waals surface area contributed by atoms with Crippen LogP contribution in [0.15, 0.2) is 12.2 Å². The zero-order valence-corrected chi connectivity index (χ0v) is 9.33. The van der Waals surface area contributed by atoms with E-state index >= 15 is 0 Å². The summed E-state index contributed by atoms with van der Waals surface area (Å²) in [6.07, 6.45) is 6.52. The van der Waals surface area contributed by atoms with Gasteiger partial charge in [0, 0.05) is 17.8 Å². The van der Waals surface area contributed by atoms with Gasteiger partial charge in [0.2, 0.25) is 0 Å². The molecule has 5 aliphatic carbocycles. The molecule has 80 valence electrons. The highest BCUT2D eigenvalue weighted by Crippen LogP contribution is 2.86. The van der Waals surface area contributed by atoms with Crippen molar-refractivity contribution < 1.29 is 4.74 Å². The van der Waals surface area contributed by atoms with Crippen LogP contribution in [0.4, 0.5) is 0 Å². The van der Waals surface area contributed by atoms with Crippen molar-refractivity contribution in [2.24, 2.45) is 29.1 Å². The Hall–Kier alpha value is -0.300. The molecule has 0 amide bonds. The first-order valence-electron chi connectivity index (χ1n) is 6.57. The largest absolute Gasteiger partial charge is 0.370 e. The Balaban J connectivity index is 1.76. The van der Waals surface area contributed by atoms with Crippen molar-refractivity contribution >= 4 is 0 Å². The fraction of sp³-hybridized carbons (Fsp3) is 0.857. The van der Waals surface area contributed by atoms with Crippen LogP contribution in [-0.4, -0.2) is 11.7 Å². The maximum absolute atomic E-state index is 6.17. The van der Waals surface area contributed by atoms with Crippen LogP contribution in [0.25, 0.3) is 0 Å². The van der Waals surface area contributed by atoms with E-state index in [9.17, 15) is 0 Å². The lowest BCUT2D eigenvalue weighted by Gasteiger charge is -2.44. The molecule has 1 nitrogen and oxygen atoms in total. The topological polar surface area (TPSA) is 9.23 Å². The molecule has 6 atom stereocenters. The zero-order chi connectivity index (χ0) is 10.00. The van der Waals surface area contributed by atoms with E-state index in [0.29, 0.717) is 11.5 Å². The Labute approximate surface area is 90.9 Å². The summed E-state index contributed by atoms with van der Waals surface area (Å²) in [6.45, 7) is 6.77. The maximum atomic E-state index is 6.17. The molecule has 15 heavy (non-hydrogen) atoms. The van der Waals surface area contributed by atoms with E-state index in [4.69, 9.17) is 4.74 Å². The molecule has 6 bridgehead atoms. The Morgan fingerprint density at radius 2 is 1.93 bits per heavy atom. The Kier molecular flexibility index (Phi) is 0.965. The maximum Gasteiger partial charge on any atom is 0.0786 e. The van der Waals surface area contributed by atoms with Crippen LogP contribution >= 0.6 is 0 Å². The Morgan fingerprint density at radius 3 is 2.53 bits per heavy atom. The highest BCUT2D eigenvalue weighted by atomic mass is 16.6. The molecule has 1 spiro atoms. The van der Waals surface area contributed by atoms with Crippen LogP contribution in [0.2, 0.25) is 0 Å². The van der Waals surface area contributed by atoms with Gasteiger partial charge >= 0.3 is 0 Å². The second-order valence-electron chi connectivity index (χ2n) is 6.79. The lowest BCUT2D eigenvalue weighted by Crippen LogP contribution is -2.50. The minimum atomic E-state index is 0.241. The van der Waals surface area contributed by atoms with Gasteiger partial charge < -0.3 is 4.74 Å². The predicted octanol–water partition coefficient (Wildman–Crippen LogP) is 2.77. The zero-order valence-electron chi connectivity index (χ0n) is 9.33. The van der Waals surface area contributed by atoms with Gasteiger partial charge in [0.05, 0.1) is 11.7 Å². The number of rotatable bonds is 0. The van der Waals surface area contributed by atoms with E-state index in [0.717, 1.165) is 23.7 Å². The van der Waals surface area contributed by atoms with Gasteiger partial charge in [-0.05, 0) is 31.1 Å². The molecule has 6 unspecified atom stereocenters. The summed E-state index contributed by atoms with van der Waals surface area (Å²) in [5.41, 5.74) is 2.50. The molecule has 0 aromatic heterocycles. The minimum absolute atomic E-state index is 0.241. The summed E-state index contributed by atoms with van der Waals surface area (Å²) in [5.74, 6) is 3.36. The predicted molar refractivity (Wildman–Crippen MR) is 57.3 cm³/mol. The molecule has 1 heterocycles. The fourth-order valence-corrected chi connectivity index (χ4v) is 6.64. The van der Waals surface area contributed by atoms with E-state index in [1.165, 1.54) is 25.7 Å². The molecular formula is C14H18O. The summed E-state index contributed by atoms with van der Waals surface area (Å²) in [5, 5.41) is 0. The second kappa shape index (κ2) is 1.84. The summed E-state index contributed by atoms with van der Waals surface area (Å²) < 4.78 is 6.17. The molecule has 0 radical (unpaired) electrons. The van der Waals surface area contributed by atoms with E-state index in [1.54, 1.807) is 5.57 Å². The summed E-state index contributed by atoms with van der Waals surface area (Å²) >= 11 is 0. The van der Waals surface area contributed by atoms with Gasteiger partial charge in [-0.3, -0.25) is 0 Å². The quantitative estimate of drug-likeness (QED) is 0.549. The fourth-order valence-electron chi connectivity index (χ4n) is 6.64. The third kappa shape index (κ3) is 0.493. The molecule has 0 N–H and O–H groups in total. The van der Waals surface area contributed by atoms with Gasteiger partial charge in [0.1, 0.15) is 0 Å². The third-order valence-corrected chi connectivity index (χ3v) is 6.71. The average molecular weight is 202 g/mol. The third-order valence-electron chi connectivity index (χ3n) is 6.71. The van der Waals surface area contributed by atoms with Crippen molar-refractivity contribution in [3.05, 3.63) is 12.2 Å². The van der Waals surface area contributed by atoms with Gasteiger partial charge in [0.15, 0.2) is 0 Å². The standard InChI is InChI=1S/C14H18O/c1-7-8-11-12-10(13(8,2)15-12)9(7)14(11)5-3-4-6-14/h8-12H,1,3-6H2,2H3. The molecule has 1 heteroatoms. The van der Waals surface area contributed by atoms with Crippen LogP contribution in [0.3, 0.4) is 0 Å². The van der Waals surface area contributed by atoms with Crippen molar-refractivity contribution in [1.29, 1.82) is 0 Å². The lowest BCUT2D eigenvalue weighted by atomic mass is 9.68. The summed E-state index contributed by atoms with van der Waals surface area (Å²) in [6, 6.07) is 0. The second-order valence-corrected chi connectivity index (χ2v) is 6.79. The van der Waals surface area contributed by atoms with Gasteiger partial charge in [-0.25, -0.2) is 0 Å². The SMILES string of the molecule is C=C1C2C3C4OC3(C)C1C4C21CCCC1. The van der Waals surface area contributed by atoms with Crippen molar-refractivity contribution in [2.45, 2.75) is 44.3 Å². The molecule has 5 saturated carbocycles. The van der Waals surface area contributed by atoms with Gasteiger partial charge in [0.25, 0.3) is 0 Å². The number of hydrogen-bond acceptors (Lipinski definition) is 1. The number of ether oxygens (including phenoxy) is 1. The van der Waals surface area contributed by atoms with Crippen molar-refractivity contribution in [1.82, 2.24) is 0 Å². The summed E-state index contributed by atoms with van der Waals surface area (Å²) in [4.78, 5) is 0. The van der Waals surface area contributed by atoms with Crippen LogP contribution in [0.1, 0.15) is 32.6 Å². The van der Waals surface area contributed by atoms with Crippen LogP contribution in [0, 0.1) is 29.1 Å². The first-order valence-corrected chi connectivity index (χ1v) is 6.57. The van der Waals surface area contributed by atoms with Crippen molar-refractivity contribution in [3.8, 4) is 0 Å². The lowest BCUT2D eigenvalue weighted by molar-refractivity contribution is -0.198. The molecule has 6 aliphatic rings. The van der Waals surface area contributed by atoms with Crippen LogP contribution in [-0.2, 0) is 4.74 Å². The highest BCUT2D eigenvalue weighted by Gasteiger charge is 2.88. The van der Waals surface area contributed by atoms with Gasteiger partial charge in [-0.15, -0.1) is 0 Å². The molecular weight excluding hydrogens is 184 g/mol. The van der Waals surface area contributed by atoms with Crippen molar-refractivity contribution in [3.63, 3.8) is 0 Å². The molecule has 1 aliphatic heterocycles. The highest BCUT2D eigenvalue weighted by molar-refractivity contribution is 5.46. The van der Waals surface area contributed by atoms with E-state index in [2.05, 4.69) is 13.5 Å². The monoisotopic (exact) mass is 202 g/mol. The molecule has 6 rings (SSSR count). The van der Waals surface area contributed by atoms with Crippen molar-refractivity contribution in [2.75, 3.05) is 0 Å². The smallest absolute Gasteiger partial charge is 0.0786 e. The molecule has 1 saturated heterocycles. The molecule has 0 aromatic rings. The normalized spacial score (nSPS) is 65.9. The van der Waals surface area contributed by atoms with Gasteiger partial charge in [-0.1, -0.05) is 25.0 Å². The molecule has 0 aromatic carbocycles. The minimum Gasteiger partial charge on any atom is -0.370 e. The summed E-state index contributed by atoms with van der Waals surface area (Å²) in [7, 11) is 0. The Morgan fingerprint density at radius 1 is 1.20 bits per heavy atom. The first-order chi connectivity index (χ1) is 7.20. The average Bonchev–Trinajstić information content (AvgIpc) is 2.90. The number of hydrogen-bond donors (Lipinski definition) is 0. The van der Waals surface area contributed by atoms with Crippen LogP contribution in [0.5, 0.6) is 0 Å². The first kappa shape index (κ1) is 7.89. The molecule has 6 fully saturated rings. The van der Waals surface area contributed by atoms with E-state index < -0.39 is 0 Å². The van der Waals surface area contributed by atoms with Crippen LogP contribution < -0.4 is 0 Å². The Bertz CT molecular complexity index is 392. The van der Waals surface area contributed by atoms with E-state index in [1.807, 2.05) is 0 Å². The van der Waals surface area contributed by atoms with E-state index in [-0.39, 0.29) is 5.60 Å².